The summed E-state index contributed by atoms with van der Waals surface area (Å²) in [5.74, 6) is 0.859. The van der Waals surface area contributed by atoms with Crippen LogP contribution in [0.2, 0.25) is 0 Å². The Morgan fingerprint density at radius 3 is 2.63 bits per heavy atom. The number of carbonyl (C=O) groups excluding carboxylic acids is 2. The van der Waals surface area contributed by atoms with E-state index in [0.717, 1.165) is 19.6 Å². The van der Waals surface area contributed by atoms with E-state index in [9.17, 15) is 9.59 Å². The molecule has 3 atom stereocenters. The molecule has 2 aliphatic heterocycles. The van der Waals surface area contributed by atoms with Gasteiger partial charge in [0.25, 0.3) is 5.91 Å². The molecule has 2 aliphatic rings. The van der Waals surface area contributed by atoms with Crippen molar-refractivity contribution in [2.45, 2.75) is 13.0 Å². The lowest BCUT2D eigenvalue weighted by molar-refractivity contribution is -0.133. The minimum absolute atomic E-state index is 0.0286. The summed E-state index contributed by atoms with van der Waals surface area (Å²) < 4.78 is 0. The summed E-state index contributed by atoms with van der Waals surface area (Å²) in [4.78, 5) is 39.2. The minimum atomic E-state index is -0.581. The van der Waals surface area contributed by atoms with E-state index in [0.29, 0.717) is 18.3 Å². The molecule has 4 rings (SSSR count). The molecule has 1 aromatic heterocycles. The number of anilines is 1. The molecule has 0 bridgehead atoms. The molecule has 3 heterocycles. The molecule has 1 aromatic carbocycles. The summed E-state index contributed by atoms with van der Waals surface area (Å²) in [5.41, 5.74) is 7.94. The van der Waals surface area contributed by atoms with Crippen LogP contribution in [0.5, 0.6) is 0 Å². The van der Waals surface area contributed by atoms with Crippen molar-refractivity contribution in [1.29, 1.82) is 0 Å². The van der Waals surface area contributed by atoms with Gasteiger partial charge in [-0.1, -0.05) is 24.3 Å². The van der Waals surface area contributed by atoms with Crippen LogP contribution in [0.4, 0.5) is 5.82 Å². The van der Waals surface area contributed by atoms with Gasteiger partial charge in [0.1, 0.15) is 11.5 Å². The highest BCUT2D eigenvalue weighted by molar-refractivity contribution is 5.90. The molecule has 8 nitrogen and oxygen atoms in total. The first-order valence-corrected chi connectivity index (χ1v) is 10.2. The molecular formula is C22H28N6O2. The highest BCUT2D eigenvalue weighted by atomic mass is 16.2. The topological polar surface area (TPSA) is 95.7 Å². The van der Waals surface area contributed by atoms with Gasteiger partial charge in [0, 0.05) is 31.5 Å². The Morgan fingerprint density at radius 1 is 1.17 bits per heavy atom. The van der Waals surface area contributed by atoms with Crippen LogP contribution in [0.1, 0.15) is 27.7 Å². The average molecular weight is 409 g/mol. The number of likely N-dealkylation sites (tertiary alicyclic amines) is 1. The van der Waals surface area contributed by atoms with Gasteiger partial charge >= 0.3 is 0 Å². The monoisotopic (exact) mass is 408 g/mol. The summed E-state index contributed by atoms with van der Waals surface area (Å²) >= 11 is 0. The third-order valence-electron chi connectivity index (χ3n) is 6.14. The van der Waals surface area contributed by atoms with Gasteiger partial charge in [0.2, 0.25) is 5.91 Å². The second-order valence-corrected chi connectivity index (χ2v) is 8.54. The first kappa shape index (κ1) is 20.3. The second kappa shape index (κ2) is 8.02. The molecule has 2 saturated heterocycles. The van der Waals surface area contributed by atoms with Crippen LogP contribution in [-0.4, -0.2) is 71.9 Å². The first-order valence-electron chi connectivity index (χ1n) is 10.2. The van der Waals surface area contributed by atoms with Gasteiger partial charge in [-0.3, -0.25) is 14.6 Å². The predicted octanol–water partition coefficient (Wildman–Crippen LogP) is 1.08. The van der Waals surface area contributed by atoms with Crippen LogP contribution in [0.15, 0.2) is 36.7 Å². The smallest absolute Gasteiger partial charge is 0.268 e. The molecule has 2 amide bonds. The second-order valence-electron chi connectivity index (χ2n) is 8.54. The maximum atomic E-state index is 13.0. The zero-order valence-electron chi connectivity index (χ0n) is 17.7. The van der Waals surface area contributed by atoms with Crippen molar-refractivity contribution in [3.8, 4) is 0 Å². The van der Waals surface area contributed by atoms with E-state index in [-0.39, 0.29) is 23.6 Å². The van der Waals surface area contributed by atoms with Crippen LogP contribution >= 0.6 is 0 Å². The number of nitrogens with zero attached hydrogens (tertiary/aromatic N) is 5. The lowest BCUT2D eigenvalue weighted by atomic mass is 9.87. The molecule has 0 unspecified atom stereocenters. The van der Waals surface area contributed by atoms with Crippen molar-refractivity contribution >= 4 is 17.6 Å². The minimum Gasteiger partial charge on any atom is -0.364 e. The SMILES string of the molecule is Cc1ccccc1[C@H]1[C@@H]2CN(c3cncc(C(N)=O)n3)C[C@@H]2CN1C(=O)CN(C)C. The molecule has 0 aliphatic carbocycles. The van der Waals surface area contributed by atoms with Crippen LogP contribution in [0.3, 0.4) is 0 Å². The number of aromatic nitrogens is 2. The lowest BCUT2D eigenvalue weighted by Gasteiger charge is -2.32. The number of carbonyl (C=O) groups is 2. The van der Waals surface area contributed by atoms with E-state index in [2.05, 4.69) is 38.8 Å². The number of rotatable bonds is 5. The van der Waals surface area contributed by atoms with Crippen molar-refractivity contribution in [3.63, 3.8) is 0 Å². The fourth-order valence-corrected chi connectivity index (χ4v) is 4.79. The Balaban J connectivity index is 1.63. The molecule has 0 spiro atoms. The molecule has 158 valence electrons. The number of nitrogens with two attached hydrogens (primary N) is 1. The quantitative estimate of drug-likeness (QED) is 0.796. The van der Waals surface area contributed by atoms with Crippen molar-refractivity contribution in [1.82, 2.24) is 19.8 Å². The predicted molar refractivity (Wildman–Crippen MR) is 114 cm³/mol. The van der Waals surface area contributed by atoms with E-state index >= 15 is 0 Å². The van der Waals surface area contributed by atoms with Crippen LogP contribution in [-0.2, 0) is 4.79 Å². The lowest BCUT2D eigenvalue weighted by Crippen LogP contribution is -2.40. The third-order valence-corrected chi connectivity index (χ3v) is 6.14. The number of amides is 2. The first-order chi connectivity index (χ1) is 14.3. The largest absolute Gasteiger partial charge is 0.364 e. The number of aryl methyl sites for hydroxylation is 1. The summed E-state index contributed by atoms with van der Waals surface area (Å²) in [7, 11) is 3.84. The van der Waals surface area contributed by atoms with Crippen molar-refractivity contribution in [3.05, 3.63) is 53.5 Å². The average Bonchev–Trinajstić information content (AvgIpc) is 3.26. The Labute approximate surface area is 176 Å². The van der Waals surface area contributed by atoms with E-state index in [4.69, 9.17) is 5.73 Å². The van der Waals surface area contributed by atoms with E-state index in [1.165, 1.54) is 17.3 Å². The Hall–Kier alpha value is -3.00. The Kier molecular flexibility index (Phi) is 5.42. The zero-order chi connectivity index (χ0) is 21.4. The standard InChI is InChI=1S/C22H28N6O2/c1-14-6-4-5-7-16(14)21-17-12-27(19-9-24-8-18(25-19)22(23)30)10-15(17)11-28(21)20(29)13-26(2)3/h4-9,15,17,21H,10-13H2,1-3H3,(H2,23,30)/t15-,17-,21+/m1/s1. The van der Waals surface area contributed by atoms with E-state index in [1.54, 1.807) is 6.20 Å². The van der Waals surface area contributed by atoms with Crippen LogP contribution in [0.25, 0.3) is 0 Å². The Morgan fingerprint density at radius 2 is 1.93 bits per heavy atom. The van der Waals surface area contributed by atoms with Gasteiger partial charge in [-0.2, -0.15) is 0 Å². The number of likely N-dealkylation sites (N-methyl/N-ethyl adjacent to an activating group) is 1. The van der Waals surface area contributed by atoms with E-state index in [1.807, 2.05) is 31.1 Å². The molecule has 30 heavy (non-hydrogen) atoms. The molecular weight excluding hydrogens is 380 g/mol. The van der Waals surface area contributed by atoms with Crippen molar-refractivity contribution in [2.75, 3.05) is 45.2 Å². The number of hydrogen-bond donors (Lipinski definition) is 1. The van der Waals surface area contributed by atoms with Gasteiger partial charge in [-0.25, -0.2) is 4.98 Å². The van der Waals surface area contributed by atoms with Gasteiger partial charge in [-0.15, -0.1) is 0 Å². The summed E-state index contributed by atoms with van der Waals surface area (Å²) in [6.07, 6.45) is 3.06. The normalized spacial score (nSPS) is 23.1. The molecule has 2 N–H and O–H groups in total. The third kappa shape index (κ3) is 3.75. The van der Waals surface area contributed by atoms with Gasteiger partial charge in [0.15, 0.2) is 0 Å². The number of fused-ring (bicyclic) bond motifs is 1. The number of primary amides is 1. The summed E-state index contributed by atoms with van der Waals surface area (Å²) in [6.45, 7) is 4.75. The molecule has 2 fully saturated rings. The fourth-order valence-electron chi connectivity index (χ4n) is 4.79. The highest BCUT2D eigenvalue weighted by Gasteiger charge is 2.49. The Bertz CT molecular complexity index is 962. The number of benzene rings is 1. The molecule has 8 heteroatoms. The van der Waals surface area contributed by atoms with Crippen molar-refractivity contribution in [2.24, 2.45) is 17.6 Å². The maximum Gasteiger partial charge on any atom is 0.268 e. The van der Waals surface area contributed by atoms with Gasteiger partial charge in [0.05, 0.1) is 25.0 Å². The fraction of sp³-hybridized carbons (Fsp3) is 0.455. The summed E-state index contributed by atoms with van der Waals surface area (Å²) in [6, 6.07) is 8.34. The van der Waals surface area contributed by atoms with Crippen LogP contribution < -0.4 is 10.6 Å². The molecule has 0 radical (unpaired) electrons. The van der Waals surface area contributed by atoms with Gasteiger partial charge in [-0.05, 0) is 32.1 Å². The summed E-state index contributed by atoms with van der Waals surface area (Å²) in [5, 5.41) is 0. The van der Waals surface area contributed by atoms with E-state index < -0.39 is 5.91 Å². The molecule has 0 saturated carbocycles. The maximum absolute atomic E-state index is 13.0. The number of hydrogen-bond acceptors (Lipinski definition) is 6. The van der Waals surface area contributed by atoms with Crippen LogP contribution in [0, 0.1) is 18.8 Å². The van der Waals surface area contributed by atoms with Gasteiger partial charge < -0.3 is 20.4 Å². The highest BCUT2D eigenvalue weighted by Crippen LogP contribution is 2.46. The molecule has 2 aromatic rings. The van der Waals surface area contributed by atoms with Crippen molar-refractivity contribution < 1.29 is 9.59 Å². The zero-order valence-corrected chi connectivity index (χ0v) is 17.7.